The molecule has 1 aliphatic carbocycles. The van der Waals surface area contributed by atoms with Gasteiger partial charge in [0.25, 0.3) is 0 Å². The second-order valence-corrected chi connectivity index (χ2v) is 7.71. The lowest BCUT2D eigenvalue weighted by Gasteiger charge is -2.39. The monoisotopic (exact) mass is 295 g/mol. The van der Waals surface area contributed by atoms with Crippen LogP contribution < -0.4 is 5.32 Å². The van der Waals surface area contributed by atoms with Gasteiger partial charge >= 0.3 is 0 Å². The molecule has 0 aromatic rings. The van der Waals surface area contributed by atoms with Crippen LogP contribution in [0.3, 0.4) is 0 Å². The minimum Gasteiger partial charge on any atom is -0.381 e. The van der Waals surface area contributed by atoms with Crippen LogP contribution in [0.5, 0.6) is 0 Å². The Hall–Kier alpha value is -0.120. The highest BCUT2D eigenvalue weighted by atomic mass is 16.5. The first-order valence-electron chi connectivity index (χ1n) is 9.22. The van der Waals surface area contributed by atoms with Crippen LogP contribution in [0, 0.1) is 5.41 Å². The van der Waals surface area contributed by atoms with Crippen molar-refractivity contribution in [1.29, 1.82) is 0 Å². The van der Waals surface area contributed by atoms with E-state index in [0.717, 1.165) is 26.3 Å². The van der Waals surface area contributed by atoms with E-state index in [4.69, 9.17) is 9.47 Å². The molecule has 1 saturated carbocycles. The van der Waals surface area contributed by atoms with Crippen LogP contribution in [0.15, 0.2) is 0 Å². The van der Waals surface area contributed by atoms with Crippen molar-refractivity contribution in [3.8, 4) is 0 Å². The number of hydrogen-bond donors (Lipinski definition) is 1. The summed E-state index contributed by atoms with van der Waals surface area (Å²) in [5.41, 5.74) is 0.598. The molecule has 3 nitrogen and oxygen atoms in total. The topological polar surface area (TPSA) is 30.5 Å². The van der Waals surface area contributed by atoms with E-state index in [9.17, 15) is 0 Å². The quantitative estimate of drug-likeness (QED) is 0.759. The summed E-state index contributed by atoms with van der Waals surface area (Å²) in [7, 11) is 0. The zero-order valence-electron chi connectivity index (χ0n) is 13.8. The third kappa shape index (κ3) is 3.80. The fraction of sp³-hybridized carbons (Fsp3) is 1.00. The Morgan fingerprint density at radius 3 is 2.67 bits per heavy atom. The molecule has 3 heteroatoms. The molecule has 0 amide bonds. The highest BCUT2D eigenvalue weighted by molar-refractivity contribution is 4.96. The van der Waals surface area contributed by atoms with E-state index in [0.29, 0.717) is 11.5 Å². The van der Waals surface area contributed by atoms with Crippen LogP contribution in [-0.4, -0.2) is 38.0 Å². The lowest BCUT2D eigenvalue weighted by Crippen LogP contribution is -2.43. The van der Waals surface area contributed by atoms with E-state index in [2.05, 4.69) is 12.2 Å². The van der Waals surface area contributed by atoms with Crippen molar-refractivity contribution < 1.29 is 9.47 Å². The molecule has 0 aromatic heterocycles. The van der Waals surface area contributed by atoms with Gasteiger partial charge in [-0.3, -0.25) is 0 Å². The molecule has 1 N–H and O–H groups in total. The van der Waals surface area contributed by atoms with Gasteiger partial charge in [0.15, 0.2) is 0 Å². The summed E-state index contributed by atoms with van der Waals surface area (Å²) in [4.78, 5) is 0. The highest BCUT2D eigenvalue weighted by Crippen LogP contribution is 2.46. The van der Waals surface area contributed by atoms with Gasteiger partial charge in [0, 0.05) is 18.6 Å². The number of nitrogens with one attached hydrogen (secondary N) is 1. The van der Waals surface area contributed by atoms with Crippen molar-refractivity contribution in [2.45, 2.75) is 82.8 Å². The van der Waals surface area contributed by atoms with E-state index in [1.54, 1.807) is 0 Å². The Morgan fingerprint density at radius 2 is 1.95 bits per heavy atom. The molecule has 3 rings (SSSR count). The Balaban J connectivity index is 1.56. The normalized spacial score (nSPS) is 35.6. The zero-order chi connectivity index (χ0) is 14.6. The van der Waals surface area contributed by atoms with Gasteiger partial charge in [-0.05, 0) is 57.9 Å². The average Bonchev–Trinajstić information content (AvgIpc) is 3.11. The van der Waals surface area contributed by atoms with Gasteiger partial charge in [0.05, 0.1) is 18.3 Å². The third-order valence-corrected chi connectivity index (χ3v) is 5.84. The van der Waals surface area contributed by atoms with Gasteiger partial charge in [-0.25, -0.2) is 0 Å². The van der Waals surface area contributed by atoms with E-state index < -0.39 is 0 Å². The van der Waals surface area contributed by atoms with Crippen LogP contribution >= 0.6 is 0 Å². The maximum Gasteiger partial charge on any atom is 0.0687 e. The lowest BCUT2D eigenvalue weighted by atomic mass is 9.77. The number of ether oxygens (including phenoxy) is 2. The summed E-state index contributed by atoms with van der Waals surface area (Å²) in [6.45, 7) is 6.34. The first-order chi connectivity index (χ1) is 10.3. The van der Waals surface area contributed by atoms with E-state index in [1.807, 2.05) is 0 Å². The second kappa shape index (κ2) is 6.97. The lowest BCUT2D eigenvalue weighted by molar-refractivity contribution is -0.0791. The minimum atomic E-state index is 0.276. The first-order valence-corrected chi connectivity index (χ1v) is 9.22. The number of hydrogen-bond acceptors (Lipinski definition) is 3. The Kier molecular flexibility index (Phi) is 5.23. The minimum absolute atomic E-state index is 0.276. The highest BCUT2D eigenvalue weighted by Gasteiger charge is 2.45. The van der Waals surface area contributed by atoms with Crippen molar-refractivity contribution in [2.24, 2.45) is 5.41 Å². The van der Waals surface area contributed by atoms with Gasteiger partial charge in [-0.2, -0.15) is 0 Å². The molecule has 3 fully saturated rings. The predicted octanol–water partition coefficient (Wildman–Crippen LogP) is 3.66. The van der Waals surface area contributed by atoms with Crippen molar-refractivity contribution in [2.75, 3.05) is 26.3 Å². The zero-order valence-corrected chi connectivity index (χ0v) is 13.8. The molecule has 1 spiro atoms. The van der Waals surface area contributed by atoms with Crippen LogP contribution in [0.4, 0.5) is 0 Å². The molecule has 0 aromatic carbocycles. The molecule has 21 heavy (non-hydrogen) atoms. The van der Waals surface area contributed by atoms with Crippen molar-refractivity contribution in [3.63, 3.8) is 0 Å². The van der Waals surface area contributed by atoms with E-state index in [1.165, 1.54) is 64.2 Å². The van der Waals surface area contributed by atoms with Gasteiger partial charge in [-0.1, -0.05) is 19.8 Å². The van der Waals surface area contributed by atoms with E-state index in [-0.39, 0.29) is 5.60 Å². The average molecular weight is 295 g/mol. The van der Waals surface area contributed by atoms with Gasteiger partial charge in [-0.15, -0.1) is 0 Å². The summed E-state index contributed by atoms with van der Waals surface area (Å²) in [5, 5.41) is 3.65. The predicted molar refractivity (Wildman–Crippen MR) is 85.6 cm³/mol. The maximum atomic E-state index is 6.56. The molecule has 2 atom stereocenters. The molecule has 122 valence electrons. The van der Waals surface area contributed by atoms with Crippen LogP contribution in [0.1, 0.15) is 71.1 Å². The van der Waals surface area contributed by atoms with Crippen LogP contribution in [-0.2, 0) is 9.47 Å². The summed E-state index contributed by atoms with van der Waals surface area (Å²) < 4.78 is 12.4. The summed E-state index contributed by atoms with van der Waals surface area (Å²) in [6, 6.07) is 0. The standard InChI is InChI=1S/C18H33NO2/c1-2-11-19-14-17(7-5-12-20-15-17)13-16-6-10-18(21-16)8-3-4-9-18/h16,19H,2-15H2,1H3. The Morgan fingerprint density at radius 1 is 1.10 bits per heavy atom. The van der Waals surface area contributed by atoms with Gasteiger partial charge in [0.2, 0.25) is 0 Å². The summed E-state index contributed by atoms with van der Waals surface area (Å²) >= 11 is 0. The third-order valence-electron chi connectivity index (χ3n) is 5.84. The first kappa shape index (κ1) is 15.8. The van der Waals surface area contributed by atoms with Crippen molar-refractivity contribution >= 4 is 0 Å². The molecular weight excluding hydrogens is 262 g/mol. The van der Waals surface area contributed by atoms with Crippen molar-refractivity contribution in [3.05, 3.63) is 0 Å². The van der Waals surface area contributed by atoms with Crippen LogP contribution in [0.25, 0.3) is 0 Å². The molecule has 0 radical (unpaired) electrons. The van der Waals surface area contributed by atoms with E-state index >= 15 is 0 Å². The molecule has 0 bridgehead atoms. The summed E-state index contributed by atoms with van der Waals surface area (Å²) in [5.74, 6) is 0. The van der Waals surface area contributed by atoms with Crippen LogP contribution in [0.2, 0.25) is 0 Å². The molecule has 2 saturated heterocycles. The van der Waals surface area contributed by atoms with Gasteiger partial charge in [0.1, 0.15) is 0 Å². The van der Waals surface area contributed by atoms with Gasteiger partial charge < -0.3 is 14.8 Å². The maximum absolute atomic E-state index is 6.56. The molecule has 2 unspecified atom stereocenters. The molecule has 3 aliphatic rings. The molecule has 2 aliphatic heterocycles. The number of rotatable bonds is 6. The van der Waals surface area contributed by atoms with Crippen molar-refractivity contribution in [1.82, 2.24) is 5.32 Å². The summed E-state index contributed by atoms with van der Waals surface area (Å²) in [6.07, 6.45) is 13.3. The Bertz CT molecular complexity index is 319. The SMILES string of the molecule is CCCNCC1(CC2CCC3(CCCC3)O2)CCCOC1. The largest absolute Gasteiger partial charge is 0.381 e. The fourth-order valence-corrected chi connectivity index (χ4v) is 4.72. The molecular formula is C18H33NO2. The fourth-order valence-electron chi connectivity index (χ4n) is 4.72. The smallest absolute Gasteiger partial charge is 0.0687 e. The second-order valence-electron chi connectivity index (χ2n) is 7.71. The Labute approximate surface area is 130 Å². The molecule has 2 heterocycles.